The van der Waals surface area contributed by atoms with Crippen molar-refractivity contribution in [2.75, 3.05) is 23.4 Å². The van der Waals surface area contributed by atoms with Gasteiger partial charge in [0.15, 0.2) is 0 Å². The van der Waals surface area contributed by atoms with Crippen molar-refractivity contribution in [1.82, 2.24) is 4.98 Å². The van der Waals surface area contributed by atoms with Crippen LogP contribution in [0, 0.1) is 3.57 Å². The maximum Gasteiger partial charge on any atom is 0.412 e. The lowest BCUT2D eigenvalue weighted by Crippen LogP contribution is -2.15. The Morgan fingerprint density at radius 3 is 2.87 bits per heavy atom. The van der Waals surface area contributed by atoms with Crippen LogP contribution in [0.3, 0.4) is 0 Å². The van der Waals surface area contributed by atoms with Gasteiger partial charge in [-0.25, -0.2) is 9.78 Å². The number of halogens is 1. The summed E-state index contributed by atoms with van der Waals surface area (Å²) in [6, 6.07) is 1.61. The van der Waals surface area contributed by atoms with Gasteiger partial charge in [0.05, 0.1) is 12.3 Å². The quantitative estimate of drug-likeness (QED) is 0.715. The average molecular weight is 322 g/mol. The molecule has 0 spiro atoms. The van der Waals surface area contributed by atoms with E-state index in [0.717, 1.165) is 3.57 Å². The monoisotopic (exact) mass is 322 g/mol. The van der Waals surface area contributed by atoms with Gasteiger partial charge in [-0.3, -0.25) is 5.32 Å². The first kappa shape index (κ1) is 11.8. The Balaban J connectivity index is 2.83. The minimum atomic E-state index is -0.565. The van der Waals surface area contributed by atoms with Gasteiger partial charge in [0.1, 0.15) is 11.6 Å². The molecule has 0 aliphatic heterocycles. The van der Waals surface area contributed by atoms with Crippen LogP contribution in [-0.4, -0.2) is 17.7 Å². The lowest BCUT2D eigenvalue weighted by atomic mass is 10.4. The van der Waals surface area contributed by atoms with Crippen molar-refractivity contribution < 1.29 is 9.53 Å². The molecule has 0 aromatic carbocycles. The molecule has 0 saturated carbocycles. The van der Waals surface area contributed by atoms with Gasteiger partial charge >= 0.3 is 6.09 Å². The van der Waals surface area contributed by atoms with E-state index in [4.69, 9.17) is 16.2 Å². The lowest BCUT2D eigenvalue weighted by molar-refractivity contribution is 0.168. The Kier molecular flexibility index (Phi) is 3.95. The molecule has 0 fully saturated rings. The fraction of sp³-hybridized carbons (Fsp3) is 0.250. The summed E-state index contributed by atoms with van der Waals surface area (Å²) >= 11 is 2.01. The van der Waals surface area contributed by atoms with E-state index >= 15 is 0 Å². The third kappa shape index (κ3) is 3.11. The molecule has 0 bridgehead atoms. The van der Waals surface area contributed by atoms with Crippen molar-refractivity contribution in [3.05, 3.63) is 9.64 Å². The molecule has 6 nitrogen and oxygen atoms in total. The van der Waals surface area contributed by atoms with Gasteiger partial charge in [0.25, 0.3) is 0 Å². The molecule has 0 aliphatic rings. The number of ether oxygens (including phenoxy) is 1. The van der Waals surface area contributed by atoms with Crippen molar-refractivity contribution in [1.29, 1.82) is 0 Å². The van der Waals surface area contributed by atoms with Gasteiger partial charge in [0.2, 0.25) is 0 Å². The van der Waals surface area contributed by atoms with Crippen LogP contribution in [0.4, 0.5) is 22.1 Å². The number of nitrogen functional groups attached to an aromatic ring is 2. The number of nitrogens with two attached hydrogens (primary N) is 2. The van der Waals surface area contributed by atoms with Crippen molar-refractivity contribution in [2.45, 2.75) is 6.92 Å². The first-order valence-corrected chi connectivity index (χ1v) is 5.27. The normalized spacial score (nSPS) is 9.73. The molecule has 7 heteroatoms. The smallest absolute Gasteiger partial charge is 0.412 e. The maximum atomic E-state index is 11.1. The highest BCUT2D eigenvalue weighted by Gasteiger charge is 2.08. The Labute approximate surface area is 101 Å². The van der Waals surface area contributed by atoms with Crippen molar-refractivity contribution in [3.8, 4) is 0 Å². The summed E-state index contributed by atoms with van der Waals surface area (Å²) in [5, 5.41) is 2.44. The molecule has 0 unspecified atom stereocenters. The van der Waals surface area contributed by atoms with E-state index in [1.807, 2.05) is 22.6 Å². The topological polar surface area (TPSA) is 103 Å². The summed E-state index contributed by atoms with van der Waals surface area (Å²) in [5.74, 6) is 0.512. The second kappa shape index (κ2) is 5.01. The number of aromatic nitrogens is 1. The number of nitrogens with one attached hydrogen (secondary N) is 1. The summed E-state index contributed by atoms with van der Waals surface area (Å²) in [6.45, 7) is 2.02. The summed E-state index contributed by atoms with van der Waals surface area (Å²) in [5.41, 5.74) is 11.5. The molecule has 0 radical (unpaired) electrons. The van der Waals surface area contributed by atoms with Crippen LogP contribution < -0.4 is 16.8 Å². The molecule has 1 rings (SSSR count). The second-order valence-electron chi connectivity index (χ2n) is 2.63. The SMILES string of the molecule is CCOC(=O)Nc1cc(I)c(N)c(N)n1. The number of carbonyl (C=O) groups excluding carboxylic acids is 1. The van der Waals surface area contributed by atoms with Crippen LogP contribution >= 0.6 is 22.6 Å². The van der Waals surface area contributed by atoms with E-state index in [1.165, 1.54) is 0 Å². The zero-order valence-electron chi connectivity index (χ0n) is 8.08. The Morgan fingerprint density at radius 1 is 1.67 bits per heavy atom. The number of rotatable bonds is 2. The average Bonchev–Trinajstić information content (AvgIpc) is 2.14. The predicted molar refractivity (Wildman–Crippen MR) is 66.4 cm³/mol. The molecule has 82 valence electrons. The van der Waals surface area contributed by atoms with Crippen LogP contribution in [0.5, 0.6) is 0 Å². The number of pyridine rings is 1. The molecule has 0 atom stereocenters. The number of carbonyl (C=O) groups is 1. The van der Waals surface area contributed by atoms with E-state index in [9.17, 15) is 4.79 Å². The first-order chi connectivity index (χ1) is 7.04. The third-order valence-corrected chi connectivity index (χ3v) is 2.44. The van der Waals surface area contributed by atoms with Gasteiger partial charge in [-0.1, -0.05) is 0 Å². The highest BCUT2D eigenvalue weighted by Crippen LogP contribution is 2.23. The molecular weight excluding hydrogens is 311 g/mol. The van der Waals surface area contributed by atoms with Crippen LogP contribution in [0.2, 0.25) is 0 Å². The minimum Gasteiger partial charge on any atom is -0.450 e. The fourth-order valence-corrected chi connectivity index (χ4v) is 1.45. The standard InChI is InChI=1S/C8H11IN4O2/c1-2-15-8(14)13-5-3-4(9)6(10)7(11)12-5/h3H,2,10H2,1H3,(H3,11,12,13,14). The number of anilines is 3. The van der Waals surface area contributed by atoms with Crippen LogP contribution in [0.15, 0.2) is 6.07 Å². The highest BCUT2D eigenvalue weighted by molar-refractivity contribution is 14.1. The van der Waals surface area contributed by atoms with E-state index in [0.29, 0.717) is 18.1 Å². The zero-order chi connectivity index (χ0) is 11.4. The highest BCUT2D eigenvalue weighted by atomic mass is 127. The van der Waals surface area contributed by atoms with Crippen LogP contribution in [0.25, 0.3) is 0 Å². The van der Waals surface area contributed by atoms with E-state index in [-0.39, 0.29) is 5.82 Å². The minimum absolute atomic E-state index is 0.189. The Morgan fingerprint density at radius 2 is 2.33 bits per heavy atom. The molecule has 1 heterocycles. The molecule has 1 amide bonds. The number of hydrogen-bond donors (Lipinski definition) is 3. The van der Waals surface area contributed by atoms with E-state index in [1.54, 1.807) is 13.0 Å². The molecule has 15 heavy (non-hydrogen) atoms. The van der Waals surface area contributed by atoms with E-state index < -0.39 is 6.09 Å². The molecule has 5 N–H and O–H groups in total. The first-order valence-electron chi connectivity index (χ1n) is 4.19. The largest absolute Gasteiger partial charge is 0.450 e. The fourth-order valence-electron chi connectivity index (χ4n) is 0.878. The molecular formula is C8H11IN4O2. The predicted octanol–water partition coefficient (Wildman–Crippen LogP) is 1.42. The Bertz CT molecular complexity index is 360. The maximum absolute atomic E-state index is 11.1. The number of nitrogens with zero attached hydrogens (tertiary/aromatic N) is 1. The summed E-state index contributed by atoms with van der Waals surface area (Å²) in [4.78, 5) is 15.0. The number of amides is 1. The third-order valence-electron chi connectivity index (χ3n) is 1.54. The van der Waals surface area contributed by atoms with E-state index in [2.05, 4.69) is 10.3 Å². The second-order valence-corrected chi connectivity index (χ2v) is 3.80. The van der Waals surface area contributed by atoms with Crippen LogP contribution in [0.1, 0.15) is 6.92 Å². The van der Waals surface area contributed by atoms with Crippen LogP contribution in [-0.2, 0) is 4.74 Å². The van der Waals surface area contributed by atoms with Crippen molar-refractivity contribution >= 4 is 46.0 Å². The van der Waals surface area contributed by atoms with Crippen molar-refractivity contribution in [2.24, 2.45) is 0 Å². The molecule has 1 aromatic heterocycles. The number of hydrogen-bond acceptors (Lipinski definition) is 5. The van der Waals surface area contributed by atoms with Crippen molar-refractivity contribution in [3.63, 3.8) is 0 Å². The Hall–Kier alpha value is -1.25. The van der Waals surface area contributed by atoms with Gasteiger partial charge in [-0.05, 0) is 35.6 Å². The molecule has 0 aliphatic carbocycles. The molecule has 1 aromatic rings. The van der Waals surface area contributed by atoms with Gasteiger partial charge in [0, 0.05) is 3.57 Å². The molecule has 0 saturated heterocycles. The zero-order valence-corrected chi connectivity index (χ0v) is 10.2. The summed E-state index contributed by atoms with van der Waals surface area (Å²) < 4.78 is 5.42. The lowest BCUT2D eigenvalue weighted by Gasteiger charge is -2.07. The summed E-state index contributed by atoms with van der Waals surface area (Å²) in [6.07, 6.45) is -0.565. The van der Waals surface area contributed by atoms with Gasteiger partial charge < -0.3 is 16.2 Å². The summed E-state index contributed by atoms with van der Waals surface area (Å²) in [7, 11) is 0. The van der Waals surface area contributed by atoms with Gasteiger partial charge in [-0.15, -0.1) is 0 Å². The van der Waals surface area contributed by atoms with Gasteiger partial charge in [-0.2, -0.15) is 0 Å².